The normalized spacial score (nSPS) is 18.4. The fraction of sp³-hybridized carbons (Fsp3) is 0.500. The van der Waals surface area contributed by atoms with Crippen molar-refractivity contribution in [2.75, 3.05) is 5.32 Å². The number of rotatable bonds is 6. The minimum Gasteiger partial charge on any atom is -0.382 e. The van der Waals surface area contributed by atoms with Gasteiger partial charge in [0.05, 0.1) is 6.54 Å². The lowest BCUT2D eigenvalue weighted by molar-refractivity contribution is 0.568. The Morgan fingerprint density at radius 2 is 1.80 bits per heavy atom. The summed E-state index contributed by atoms with van der Waals surface area (Å²) in [6.45, 7) is 0.787. The molecule has 4 rings (SSSR count). The highest BCUT2D eigenvalue weighted by molar-refractivity contribution is 5.46. The predicted octanol–water partition coefficient (Wildman–Crippen LogP) is 2.93. The van der Waals surface area contributed by atoms with Crippen molar-refractivity contribution in [1.82, 2.24) is 14.8 Å². The number of anilines is 1. The van der Waals surface area contributed by atoms with E-state index in [9.17, 15) is 0 Å². The van der Waals surface area contributed by atoms with E-state index in [1.807, 2.05) is 4.68 Å². The molecule has 1 aromatic carbocycles. The van der Waals surface area contributed by atoms with Crippen LogP contribution in [0.1, 0.15) is 31.2 Å². The van der Waals surface area contributed by atoms with Gasteiger partial charge in [-0.1, -0.05) is 12.1 Å². The Kier molecular flexibility index (Phi) is 2.94. The van der Waals surface area contributed by atoms with E-state index in [-0.39, 0.29) is 0 Å². The highest BCUT2D eigenvalue weighted by atomic mass is 15.3. The monoisotopic (exact) mass is 268 g/mol. The summed E-state index contributed by atoms with van der Waals surface area (Å²) in [6.07, 6.45) is 8.99. The fourth-order valence-corrected chi connectivity index (χ4v) is 2.93. The van der Waals surface area contributed by atoms with Crippen LogP contribution < -0.4 is 5.32 Å². The molecule has 4 heteroatoms. The molecular formula is C16H20N4. The Morgan fingerprint density at radius 1 is 1.10 bits per heavy atom. The first-order valence-electron chi connectivity index (χ1n) is 7.56. The van der Waals surface area contributed by atoms with Gasteiger partial charge in [0.1, 0.15) is 12.7 Å². The van der Waals surface area contributed by atoms with E-state index < -0.39 is 0 Å². The number of benzene rings is 1. The van der Waals surface area contributed by atoms with Crippen molar-refractivity contribution >= 4 is 5.69 Å². The van der Waals surface area contributed by atoms with E-state index in [0.29, 0.717) is 0 Å². The average Bonchev–Trinajstić information content (AvgIpc) is 3.39. The van der Waals surface area contributed by atoms with Gasteiger partial charge in [0, 0.05) is 11.7 Å². The number of nitrogens with one attached hydrogen (secondary N) is 1. The zero-order chi connectivity index (χ0) is 13.4. The highest BCUT2D eigenvalue weighted by Crippen LogP contribution is 2.45. The lowest BCUT2D eigenvalue weighted by Gasteiger charge is -2.19. The van der Waals surface area contributed by atoms with Gasteiger partial charge in [-0.3, -0.25) is 0 Å². The molecule has 20 heavy (non-hydrogen) atoms. The van der Waals surface area contributed by atoms with E-state index in [2.05, 4.69) is 39.7 Å². The third-order valence-electron chi connectivity index (χ3n) is 4.36. The van der Waals surface area contributed by atoms with Crippen LogP contribution in [0.4, 0.5) is 5.69 Å². The molecule has 1 N–H and O–H groups in total. The van der Waals surface area contributed by atoms with Gasteiger partial charge in [-0.25, -0.2) is 9.67 Å². The molecule has 1 aromatic heterocycles. The van der Waals surface area contributed by atoms with Gasteiger partial charge in [0.25, 0.3) is 0 Å². The summed E-state index contributed by atoms with van der Waals surface area (Å²) < 4.78 is 1.85. The van der Waals surface area contributed by atoms with Crippen LogP contribution in [0, 0.1) is 11.8 Å². The Bertz CT molecular complexity index is 541. The molecule has 0 spiro atoms. The van der Waals surface area contributed by atoms with Crippen LogP contribution in [0.15, 0.2) is 36.9 Å². The van der Waals surface area contributed by atoms with Gasteiger partial charge in [0.15, 0.2) is 0 Å². The summed E-state index contributed by atoms with van der Waals surface area (Å²) in [4.78, 5) is 3.97. The van der Waals surface area contributed by atoms with Gasteiger partial charge < -0.3 is 5.32 Å². The van der Waals surface area contributed by atoms with Crippen molar-refractivity contribution in [3.63, 3.8) is 0 Å². The predicted molar refractivity (Wildman–Crippen MR) is 78.4 cm³/mol. The standard InChI is InChI=1S/C16H20N4/c1-7-15(19-16(13-3-4-13)14-5-6-14)8-2-12(1)9-20-11-17-10-18-20/h1-2,7-8,10-11,13-14,16,19H,3-6,9H2. The summed E-state index contributed by atoms with van der Waals surface area (Å²) in [5, 5.41) is 7.89. The Balaban J connectivity index is 1.41. The van der Waals surface area contributed by atoms with E-state index >= 15 is 0 Å². The van der Waals surface area contributed by atoms with Crippen molar-refractivity contribution in [3.05, 3.63) is 42.5 Å². The van der Waals surface area contributed by atoms with Crippen LogP contribution in [0.5, 0.6) is 0 Å². The topological polar surface area (TPSA) is 42.7 Å². The summed E-state index contributed by atoms with van der Waals surface area (Å²) >= 11 is 0. The van der Waals surface area contributed by atoms with E-state index in [1.54, 1.807) is 12.7 Å². The second-order valence-corrected chi connectivity index (χ2v) is 6.13. The molecule has 0 amide bonds. The molecule has 4 nitrogen and oxygen atoms in total. The van der Waals surface area contributed by atoms with Crippen molar-refractivity contribution in [2.24, 2.45) is 11.8 Å². The molecule has 0 atom stereocenters. The molecule has 0 aliphatic heterocycles. The third kappa shape index (κ3) is 2.69. The van der Waals surface area contributed by atoms with Crippen molar-refractivity contribution < 1.29 is 0 Å². The third-order valence-corrected chi connectivity index (χ3v) is 4.36. The van der Waals surface area contributed by atoms with Crippen LogP contribution in [0.25, 0.3) is 0 Å². The molecule has 2 saturated carbocycles. The first-order valence-corrected chi connectivity index (χ1v) is 7.56. The molecule has 0 unspecified atom stereocenters. The minimum absolute atomic E-state index is 0.719. The SMILES string of the molecule is c1ncn(Cc2ccc(NC(C3CC3)C3CC3)cc2)n1. The van der Waals surface area contributed by atoms with Crippen molar-refractivity contribution in [3.8, 4) is 0 Å². The van der Waals surface area contributed by atoms with Crippen LogP contribution >= 0.6 is 0 Å². The van der Waals surface area contributed by atoms with Gasteiger partial charge in [-0.15, -0.1) is 0 Å². The number of nitrogens with zero attached hydrogens (tertiary/aromatic N) is 3. The largest absolute Gasteiger partial charge is 0.382 e. The first kappa shape index (κ1) is 11.9. The average molecular weight is 268 g/mol. The summed E-state index contributed by atoms with van der Waals surface area (Å²) in [5.74, 6) is 1.86. The van der Waals surface area contributed by atoms with Crippen LogP contribution in [-0.2, 0) is 6.54 Å². The van der Waals surface area contributed by atoms with Crippen molar-refractivity contribution in [1.29, 1.82) is 0 Å². The quantitative estimate of drug-likeness (QED) is 0.876. The molecular weight excluding hydrogens is 248 g/mol. The Hall–Kier alpha value is -1.84. The minimum atomic E-state index is 0.719. The highest BCUT2D eigenvalue weighted by Gasteiger charge is 2.41. The zero-order valence-electron chi connectivity index (χ0n) is 11.6. The summed E-state index contributed by atoms with van der Waals surface area (Å²) in [5.41, 5.74) is 2.52. The van der Waals surface area contributed by atoms with E-state index in [1.165, 1.54) is 36.9 Å². The molecule has 2 fully saturated rings. The summed E-state index contributed by atoms with van der Waals surface area (Å²) in [6, 6.07) is 9.48. The van der Waals surface area contributed by atoms with Crippen LogP contribution in [0.3, 0.4) is 0 Å². The Labute approximate surface area is 119 Å². The molecule has 0 bridgehead atoms. The molecule has 2 aliphatic carbocycles. The maximum Gasteiger partial charge on any atom is 0.137 e. The van der Waals surface area contributed by atoms with E-state index in [0.717, 1.165) is 24.4 Å². The Morgan fingerprint density at radius 3 is 2.35 bits per heavy atom. The second-order valence-electron chi connectivity index (χ2n) is 6.13. The van der Waals surface area contributed by atoms with Gasteiger partial charge in [0.2, 0.25) is 0 Å². The number of hydrogen-bond donors (Lipinski definition) is 1. The molecule has 0 radical (unpaired) electrons. The summed E-state index contributed by atoms with van der Waals surface area (Å²) in [7, 11) is 0. The van der Waals surface area contributed by atoms with Crippen molar-refractivity contribution in [2.45, 2.75) is 38.3 Å². The molecule has 2 aromatic rings. The maximum atomic E-state index is 4.14. The van der Waals surface area contributed by atoms with Gasteiger partial charge in [-0.05, 0) is 55.2 Å². The second kappa shape index (κ2) is 4.93. The number of aromatic nitrogens is 3. The lowest BCUT2D eigenvalue weighted by Crippen LogP contribution is -2.24. The van der Waals surface area contributed by atoms with Crippen LogP contribution in [-0.4, -0.2) is 20.8 Å². The molecule has 2 aliphatic rings. The fourth-order valence-electron chi connectivity index (χ4n) is 2.93. The van der Waals surface area contributed by atoms with Gasteiger partial charge in [-0.2, -0.15) is 5.10 Å². The zero-order valence-corrected chi connectivity index (χ0v) is 11.6. The molecule has 0 saturated heterocycles. The first-order chi connectivity index (χ1) is 9.88. The van der Waals surface area contributed by atoms with Gasteiger partial charge >= 0.3 is 0 Å². The van der Waals surface area contributed by atoms with E-state index in [4.69, 9.17) is 0 Å². The number of hydrogen-bond acceptors (Lipinski definition) is 3. The van der Waals surface area contributed by atoms with Crippen LogP contribution in [0.2, 0.25) is 0 Å². The molecule has 1 heterocycles. The maximum absolute atomic E-state index is 4.14. The molecule has 104 valence electrons. The lowest BCUT2D eigenvalue weighted by atomic mass is 10.1. The smallest absolute Gasteiger partial charge is 0.137 e.